The molecule has 1 aromatic rings. The summed E-state index contributed by atoms with van der Waals surface area (Å²) in [5.41, 5.74) is 0.243. The molecule has 3 rings (SSSR count). The number of nitrogens with zero attached hydrogens (tertiary/aromatic N) is 1. The summed E-state index contributed by atoms with van der Waals surface area (Å²) in [7, 11) is -3.84. The van der Waals surface area contributed by atoms with Crippen molar-refractivity contribution < 1.29 is 13.2 Å². The minimum atomic E-state index is -3.84. The van der Waals surface area contributed by atoms with E-state index in [4.69, 9.17) is 16.7 Å². The van der Waals surface area contributed by atoms with Gasteiger partial charge in [0.05, 0.1) is 15.6 Å². The van der Waals surface area contributed by atoms with E-state index in [-0.39, 0.29) is 27.7 Å². The molecule has 0 bridgehead atoms. The zero-order valence-corrected chi connectivity index (χ0v) is 13.3. The predicted molar refractivity (Wildman–Crippen MR) is 83.3 cm³/mol. The summed E-state index contributed by atoms with van der Waals surface area (Å²) < 4.78 is 22.8. The maximum absolute atomic E-state index is 12.4. The molecule has 22 heavy (non-hydrogen) atoms. The molecule has 2 aliphatic rings. The van der Waals surface area contributed by atoms with Gasteiger partial charge in [0.1, 0.15) is 0 Å². The molecule has 0 aliphatic carbocycles. The summed E-state index contributed by atoms with van der Waals surface area (Å²) >= 11 is 6.03. The third-order valence-corrected chi connectivity index (χ3v) is 5.45. The fraction of sp³-hybridized carbons (Fsp3) is 0.462. The van der Waals surface area contributed by atoms with E-state index in [0.29, 0.717) is 12.5 Å². The molecule has 2 fully saturated rings. The Morgan fingerprint density at radius 3 is 2.91 bits per heavy atom. The third kappa shape index (κ3) is 2.91. The van der Waals surface area contributed by atoms with Crippen molar-refractivity contribution in [1.29, 1.82) is 0 Å². The van der Waals surface area contributed by atoms with E-state index in [1.54, 1.807) is 4.90 Å². The lowest BCUT2D eigenvalue weighted by Gasteiger charge is -2.24. The molecule has 0 radical (unpaired) electrons. The van der Waals surface area contributed by atoms with Crippen LogP contribution in [0.15, 0.2) is 23.1 Å². The Bertz CT molecular complexity index is 709. The molecule has 1 aromatic carbocycles. The Labute approximate surface area is 133 Å². The van der Waals surface area contributed by atoms with E-state index in [9.17, 15) is 13.2 Å². The van der Waals surface area contributed by atoms with Crippen molar-refractivity contribution in [3.8, 4) is 0 Å². The molecular formula is C13H17ClN4O3S. The first-order valence-corrected chi connectivity index (χ1v) is 8.89. The average Bonchev–Trinajstić information content (AvgIpc) is 3.02. The van der Waals surface area contributed by atoms with Crippen molar-refractivity contribution in [3.05, 3.63) is 23.2 Å². The second-order valence-electron chi connectivity index (χ2n) is 5.58. The summed E-state index contributed by atoms with van der Waals surface area (Å²) in [6, 6.07) is 3.89. The van der Waals surface area contributed by atoms with Crippen molar-refractivity contribution in [1.82, 2.24) is 10.2 Å². The Balaban J connectivity index is 1.79. The van der Waals surface area contributed by atoms with Crippen molar-refractivity contribution in [2.45, 2.75) is 17.4 Å². The number of primary sulfonamides is 1. The van der Waals surface area contributed by atoms with Crippen LogP contribution in [0, 0.1) is 5.92 Å². The summed E-state index contributed by atoms with van der Waals surface area (Å²) in [6.07, 6.45) is 0.968. The van der Waals surface area contributed by atoms with E-state index in [1.165, 1.54) is 18.2 Å². The first-order valence-electron chi connectivity index (χ1n) is 6.97. The molecule has 2 aliphatic heterocycles. The topological polar surface area (TPSA) is 105 Å². The quantitative estimate of drug-likeness (QED) is 0.738. The third-order valence-electron chi connectivity index (χ3n) is 4.21. The highest BCUT2D eigenvalue weighted by Crippen LogP contribution is 2.29. The summed E-state index contributed by atoms with van der Waals surface area (Å²) in [6.45, 7) is 2.40. The lowest BCUT2D eigenvalue weighted by atomic mass is 10.1. The van der Waals surface area contributed by atoms with Crippen LogP contribution in [0.1, 0.15) is 6.42 Å². The van der Waals surface area contributed by atoms with Gasteiger partial charge in [-0.25, -0.2) is 18.4 Å². The monoisotopic (exact) mass is 344 g/mol. The van der Waals surface area contributed by atoms with Gasteiger partial charge in [0.15, 0.2) is 0 Å². The number of nitrogens with one attached hydrogen (secondary N) is 2. The highest BCUT2D eigenvalue weighted by atomic mass is 35.5. The number of likely N-dealkylation sites (tertiary alicyclic amines) is 1. The normalized spacial score (nSPS) is 24.4. The largest absolute Gasteiger partial charge is 0.322 e. The van der Waals surface area contributed by atoms with Gasteiger partial charge < -0.3 is 15.5 Å². The van der Waals surface area contributed by atoms with Gasteiger partial charge in [-0.05, 0) is 30.5 Å². The second-order valence-corrected chi connectivity index (χ2v) is 7.55. The van der Waals surface area contributed by atoms with E-state index in [1.807, 2.05) is 0 Å². The molecule has 0 aromatic heterocycles. The van der Waals surface area contributed by atoms with Crippen LogP contribution in [0.5, 0.6) is 0 Å². The van der Waals surface area contributed by atoms with Crippen molar-refractivity contribution >= 4 is 33.3 Å². The lowest BCUT2D eigenvalue weighted by Crippen LogP contribution is -2.41. The highest BCUT2D eigenvalue weighted by Gasteiger charge is 2.40. The van der Waals surface area contributed by atoms with Gasteiger partial charge in [-0.15, -0.1) is 0 Å². The molecule has 9 heteroatoms. The van der Waals surface area contributed by atoms with E-state index < -0.39 is 10.0 Å². The van der Waals surface area contributed by atoms with Crippen LogP contribution in [-0.2, 0) is 10.0 Å². The van der Waals surface area contributed by atoms with Crippen LogP contribution < -0.4 is 15.8 Å². The average molecular weight is 345 g/mol. The van der Waals surface area contributed by atoms with E-state index >= 15 is 0 Å². The van der Waals surface area contributed by atoms with Gasteiger partial charge >= 0.3 is 6.03 Å². The summed E-state index contributed by atoms with van der Waals surface area (Å²) in [5.74, 6) is 0.483. The van der Waals surface area contributed by atoms with Gasteiger partial charge in [0.25, 0.3) is 0 Å². The number of halogens is 1. The SMILES string of the molecule is NS(=O)(=O)c1ccc(Cl)c(NC(=O)N2CC[C@H]3CNC[C@H]32)c1. The molecule has 2 amide bonds. The number of hydrogen-bond donors (Lipinski definition) is 3. The molecule has 0 unspecified atom stereocenters. The Morgan fingerprint density at radius 2 is 2.18 bits per heavy atom. The lowest BCUT2D eigenvalue weighted by molar-refractivity contribution is 0.206. The van der Waals surface area contributed by atoms with Gasteiger partial charge in [-0.3, -0.25) is 0 Å². The highest BCUT2D eigenvalue weighted by molar-refractivity contribution is 7.89. The first-order chi connectivity index (χ1) is 10.4. The minimum Gasteiger partial charge on any atom is -0.320 e. The van der Waals surface area contributed by atoms with Crippen LogP contribution in [0.2, 0.25) is 5.02 Å². The first kappa shape index (κ1) is 15.5. The molecule has 120 valence electrons. The smallest absolute Gasteiger partial charge is 0.320 e. The number of carbonyl (C=O) groups excluding carboxylic acids is 1. The Hall–Kier alpha value is -1.35. The molecule has 4 N–H and O–H groups in total. The number of carbonyl (C=O) groups is 1. The molecule has 2 atom stereocenters. The van der Waals surface area contributed by atoms with Crippen LogP contribution in [-0.4, -0.2) is 45.0 Å². The van der Waals surface area contributed by atoms with Crippen LogP contribution in [0.3, 0.4) is 0 Å². The number of sulfonamides is 1. The number of hydrogen-bond acceptors (Lipinski definition) is 4. The number of urea groups is 1. The summed E-state index contributed by atoms with van der Waals surface area (Å²) in [4.78, 5) is 14.1. The van der Waals surface area contributed by atoms with E-state index in [2.05, 4.69) is 10.6 Å². The number of nitrogens with two attached hydrogens (primary N) is 1. The van der Waals surface area contributed by atoms with Crippen LogP contribution >= 0.6 is 11.6 Å². The molecule has 2 saturated heterocycles. The predicted octanol–water partition coefficient (Wildman–Crippen LogP) is 0.813. The second kappa shape index (κ2) is 5.69. The number of anilines is 1. The van der Waals surface area contributed by atoms with Gasteiger partial charge in [0.2, 0.25) is 10.0 Å². The Morgan fingerprint density at radius 1 is 1.41 bits per heavy atom. The van der Waals surface area contributed by atoms with Crippen LogP contribution in [0.25, 0.3) is 0 Å². The minimum absolute atomic E-state index is 0.0889. The molecule has 0 spiro atoms. The zero-order chi connectivity index (χ0) is 15.9. The fourth-order valence-electron chi connectivity index (χ4n) is 3.07. The standard InChI is InChI=1S/C13H17ClN4O3S/c14-10-2-1-9(22(15,20)21)5-11(10)17-13(19)18-4-3-8-6-16-7-12(8)18/h1-2,5,8,12,16H,3-4,6-7H2,(H,17,19)(H2,15,20,21)/t8-,12+/m0/s1. The van der Waals surface area contributed by atoms with E-state index in [0.717, 1.165) is 19.5 Å². The van der Waals surface area contributed by atoms with Crippen molar-refractivity contribution in [2.24, 2.45) is 11.1 Å². The van der Waals surface area contributed by atoms with Gasteiger partial charge in [-0.1, -0.05) is 11.6 Å². The van der Waals surface area contributed by atoms with Crippen molar-refractivity contribution in [2.75, 3.05) is 25.0 Å². The molecular weight excluding hydrogens is 328 g/mol. The van der Waals surface area contributed by atoms with Gasteiger partial charge in [0, 0.05) is 25.7 Å². The number of amides is 2. The summed E-state index contributed by atoms with van der Waals surface area (Å²) in [5, 5.41) is 11.3. The Kier molecular flexibility index (Phi) is 4.02. The maximum Gasteiger partial charge on any atom is 0.322 e. The number of benzene rings is 1. The fourth-order valence-corrected chi connectivity index (χ4v) is 3.77. The number of fused-ring (bicyclic) bond motifs is 1. The molecule has 7 nitrogen and oxygen atoms in total. The van der Waals surface area contributed by atoms with Crippen LogP contribution in [0.4, 0.5) is 10.5 Å². The zero-order valence-electron chi connectivity index (χ0n) is 11.8. The molecule has 2 heterocycles. The molecule has 0 saturated carbocycles. The van der Waals surface area contributed by atoms with Crippen molar-refractivity contribution in [3.63, 3.8) is 0 Å². The maximum atomic E-state index is 12.4. The number of rotatable bonds is 2. The van der Waals surface area contributed by atoms with Gasteiger partial charge in [-0.2, -0.15) is 0 Å².